The van der Waals surface area contributed by atoms with E-state index in [0.717, 1.165) is 24.0 Å². The SMILES string of the molecule is CC(NC(=O)CC1CCCCC1)C(=O)NC1C(=O)N(C)Cc2ccccc21. The van der Waals surface area contributed by atoms with E-state index in [1.807, 2.05) is 24.3 Å². The maximum Gasteiger partial charge on any atom is 0.249 e. The van der Waals surface area contributed by atoms with Crippen molar-refractivity contribution in [3.63, 3.8) is 0 Å². The molecule has 3 amide bonds. The number of fused-ring (bicyclic) bond motifs is 1. The maximum absolute atomic E-state index is 12.6. The highest BCUT2D eigenvalue weighted by Gasteiger charge is 2.33. The van der Waals surface area contributed by atoms with Gasteiger partial charge in [0.25, 0.3) is 0 Å². The molecule has 2 atom stereocenters. The molecule has 0 radical (unpaired) electrons. The van der Waals surface area contributed by atoms with Gasteiger partial charge in [0.1, 0.15) is 12.1 Å². The molecule has 6 nitrogen and oxygen atoms in total. The summed E-state index contributed by atoms with van der Waals surface area (Å²) in [7, 11) is 1.73. The highest BCUT2D eigenvalue weighted by molar-refractivity contribution is 5.93. The number of nitrogens with one attached hydrogen (secondary N) is 2. The van der Waals surface area contributed by atoms with Crippen molar-refractivity contribution in [3.8, 4) is 0 Å². The molecule has 0 aromatic heterocycles. The Balaban J connectivity index is 1.59. The first kappa shape index (κ1) is 19.4. The van der Waals surface area contributed by atoms with E-state index >= 15 is 0 Å². The lowest BCUT2D eigenvalue weighted by Crippen LogP contribution is -2.50. The molecule has 1 aromatic rings. The fourth-order valence-corrected chi connectivity index (χ4v) is 4.07. The standard InChI is InChI=1S/C21H29N3O3/c1-14(22-18(25)12-15-8-4-3-5-9-15)20(26)23-19-17-11-7-6-10-16(17)13-24(2)21(19)27/h6-7,10-11,14-15,19H,3-5,8-9,12-13H2,1-2H3,(H,22,25)(H,23,26). The van der Waals surface area contributed by atoms with Crippen molar-refractivity contribution in [2.24, 2.45) is 5.92 Å². The predicted molar refractivity (Wildman–Crippen MR) is 103 cm³/mol. The average Bonchev–Trinajstić information content (AvgIpc) is 2.66. The minimum Gasteiger partial charge on any atom is -0.345 e. The van der Waals surface area contributed by atoms with Gasteiger partial charge in [-0.1, -0.05) is 43.5 Å². The number of hydrogen-bond donors (Lipinski definition) is 2. The first-order valence-electron chi connectivity index (χ1n) is 9.88. The molecule has 1 saturated carbocycles. The van der Waals surface area contributed by atoms with Crippen LogP contribution in [0, 0.1) is 5.92 Å². The van der Waals surface area contributed by atoms with Crippen molar-refractivity contribution in [2.75, 3.05) is 7.05 Å². The van der Waals surface area contributed by atoms with Crippen LogP contribution in [0.5, 0.6) is 0 Å². The van der Waals surface area contributed by atoms with E-state index in [2.05, 4.69) is 10.6 Å². The Morgan fingerprint density at radius 3 is 2.63 bits per heavy atom. The van der Waals surface area contributed by atoms with Gasteiger partial charge in [-0.25, -0.2) is 0 Å². The first-order valence-corrected chi connectivity index (χ1v) is 9.88. The van der Waals surface area contributed by atoms with Crippen LogP contribution in [0.25, 0.3) is 0 Å². The zero-order valence-electron chi connectivity index (χ0n) is 16.2. The minimum atomic E-state index is -0.704. The average molecular weight is 371 g/mol. The van der Waals surface area contributed by atoms with Crippen molar-refractivity contribution >= 4 is 17.7 Å². The van der Waals surface area contributed by atoms with Crippen LogP contribution in [0.4, 0.5) is 0 Å². The van der Waals surface area contributed by atoms with Gasteiger partial charge in [-0.2, -0.15) is 0 Å². The topological polar surface area (TPSA) is 78.5 Å². The molecule has 1 aliphatic heterocycles. The molecule has 0 bridgehead atoms. The highest BCUT2D eigenvalue weighted by Crippen LogP contribution is 2.27. The van der Waals surface area contributed by atoms with E-state index in [1.165, 1.54) is 19.3 Å². The van der Waals surface area contributed by atoms with E-state index in [-0.39, 0.29) is 17.7 Å². The molecule has 2 N–H and O–H groups in total. The molecule has 3 rings (SSSR count). The molecular weight excluding hydrogens is 342 g/mol. The number of carbonyl (C=O) groups is 3. The van der Waals surface area contributed by atoms with Crippen molar-refractivity contribution < 1.29 is 14.4 Å². The van der Waals surface area contributed by atoms with Gasteiger partial charge in [-0.05, 0) is 36.8 Å². The number of amides is 3. The monoisotopic (exact) mass is 371 g/mol. The molecule has 2 aliphatic rings. The highest BCUT2D eigenvalue weighted by atomic mass is 16.2. The van der Waals surface area contributed by atoms with Gasteiger partial charge in [0.15, 0.2) is 0 Å². The first-order chi connectivity index (χ1) is 13.0. The molecule has 27 heavy (non-hydrogen) atoms. The third-order valence-electron chi connectivity index (χ3n) is 5.65. The van der Waals surface area contributed by atoms with Crippen LogP contribution in [0.1, 0.15) is 62.6 Å². The summed E-state index contributed by atoms with van der Waals surface area (Å²) in [6.45, 7) is 2.20. The Kier molecular flexibility index (Phi) is 6.14. The summed E-state index contributed by atoms with van der Waals surface area (Å²) in [6.07, 6.45) is 6.28. The zero-order chi connectivity index (χ0) is 19.4. The number of rotatable bonds is 5. The number of nitrogens with zero attached hydrogens (tertiary/aromatic N) is 1. The molecule has 1 aromatic carbocycles. The van der Waals surface area contributed by atoms with Gasteiger partial charge in [0.05, 0.1) is 0 Å². The van der Waals surface area contributed by atoms with Crippen LogP contribution in [0.15, 0.2) is 24.3 Å². The van der Waals surface area contributed by atoms with Crippen LogP contribution in [0.3, 0.4) is 0 Å². The van der Waals surface area contributed by atoms with E-state index in [1.54, 1.807) is 18.9 Å². The molecular formula is C21H29N3O3. The van der Waals surface area contributed by atoms with Crippen LogP contribution < -0.4 is 10.6 Å². The Bertz CT molecular complexity index is 712. The molecule has 2 unspecified atom stereocenters. The van der Waals surface area contributed by atoms with Crippen molar-refractivity contribution in [1.29, 1.82) is 0 Å². The summed E-state index contributed by atoms with van der Waals surface area (Å²) in [5.74, 6) is -0.135. The third kappa shape index (κ3) is 4.67. The largest absolute Gasteiger partial charge is 0.345 e. The molecule has 146 valence electrons. The van der Waals surface area contributed by atoms with Crippen molar-refractivity contribution in [1.82, 2.24) is 15.5 Å². The molecule has 1 fully saturated rings. The Morgan fingerprint density at radius 1 is 1.19 bits per heavy atom. The molecule has 1 heterocycles. The summed E-state index contributed by atoms with van der Waals surface area (Å²) in [5, 5.41) is 5.61. The van der Waals surface area contributed by atoms with Crippen molar-refractivity contribution in [3.05, 3.63) is 35.4 Å². The lowest BCUT2D eigenvalue weighted by Gasteiger charge is -2.32. The van der Waals surface area contributed by atoms with E-state index in [4.69, 9.17) is 0 Å². The van der Waals surface area contributed by atoms with Gasteiger partial charge in [0.2, 0.25) is 17.7 Å². The molecule has 6 heteroatoms. The van der Waals surface area contributed by atoms with Crippen molar-refractivity contribution in [2.45, 2.75) is 64.1 Å². The summed E-state index contributed by atoms with van der Waals surface area (Å²) < 4.78 is 0. The number of carbonyl (C=O) groups excluding carboxylic acids is 3. The fraction of sp³-hybridized carbons (Fsp3) is 0.571. The summed E-state index contributed by atoms with van der Waals surface area (Å²) in [5.41, 5.74) is 1.86. The normalized spacial score (nSPS) is 21.3. The van der Waals surface area contributed by atoms with Gasteiger partial charge in [-0.15, -0.1) is 0 Å². The van der Waals surface area contributed by atoms with E-state index in [0.29, 0.717) is 18.9 Å². The number of benzene rings is 1. The van der Waals surface area contributed by atoms with Gasteiger partial charge >= 0.3 is 0 Å². The molecule has 1 aliphatic carbocycles. The second-order valence-corrected chi connectivity index (χ2v) is 7.83. The maximum atomic E-state index is 12.6. The zero-order valence-corrected chi connectivity index (χ0v) is 16.2. The quantitative estimate of drug-likeness (QED) is 0.834. The molecule has 0 spiro atoms. The van der Waals surface area contributed by atoms with E-state index < -0.39 is 12.1 Å². The number of likely N-dealkylation sites (N-methyl/N-ethyl adjacent to an activating group) is 1. The van der Waals surface area contributed by atoms with Gasteiger partial charge in [0, 0.05) is 20.0 Å². The molecule has 0 saturated heterocycles. The van der Waals surface area contributed by atoms with Crippen LogP contribution in [0.2, 0.25) is 0 Å². The smallest absolute Gasteiger partial charge is 0.249 e. The van der Waals surface area contributed by atoms with Gasteiger partial charge < -0.3 is 15.5 Å². The third-order valence-corrected chi connectivity index (χ3v) is 5.65. The number of hydrogen-bond acceptors (Lipinski definition) is 3. The fourth-order valence-electron chi connectivity index (χ4n) is 4.07. The summed E-state index contributed by atoms with van der Waals surface area (Å²) in [6, 6.07) is 6.25. The lowest BCUT2D eigenvalue weighted by molar-refractivity contribution is -0.137. The van der Waals surface area contributed by atoms with Gasteiger partial charge in [-0.3, -0.25) is 14.4 Å². The predicted octanol–water partition coefficient (Wildman–Crippen LogP) is 2.29. The Morgan fingerprint density at radius 2 is 1.89 bits per heavy atom. The second kappa shape index (κ2) is 8.55. The lowest BCUT2D eigenvalue weighted by atomic mass is 9.87. The van der Waals surface area contributed by atoms with E-state index in [9.17, 15) is 14.4 Å². The van der Waals surface area contributed by atoms with Crippen LogP contribution >= 0.6 is 0 Å². The van der Waals surface area contributed by atoms with Crippen LogP contribution in [-0.2, 0) is 20.9 Å². The second-order valence-electron chi connectivity index (χ2n) is 7.83. The minimum absolute atomic E-state index is 0.0861. The summed E-state index contributed by atoms with van der Waals surface area (Å²) >= 11 is 0. The Labute approximate surface area is 160 Å². The van der Waals surface area contributed by atoms with Crippen LogP contribution in [-0.4, -0.2) is 35.7 Å². The summed E-state index contributed by atoms with van der Waals surface area (Å²) in [4.78, 5) is 39.0. The Hall–Kier alpha value is -2.37.